The lowest BCUT2D eigenvalue weighted by molar-refractivity contribution is 0.860. The lowest BCUT2D eigenvalue weighted by atomic mass is 9.84. The summed E-state index contributed by atoms with van der Waals surface area (Å²) in [5.41, 5.74) is 4.34. The second-order valence-corrected chi connectivity index (χ2v) is 6.49. The van der Waals surface area contributed by atoms with Gasteiger partial charge in [-0.25, -0.2) is 0 Å². The number of nitrogens with one attached hydrogen (secondary N) is 4. The van der Waals surface area contributed by atoms with Gasteiger partial charge >= 0.3 is 0 Å². The zero-order valence-electron chi connectivity index (χ0n) is 14.3. The van der Waals surface area contributed by atoms with E-state index >= 15 is 0 Å². The third kappa shape index (κ3) is 2.64. The Bertz CT molecular complexity index is 900. The van der Waals surface area contributed by atoms with Crippen LogP contribution in [0, 0.1) is 13.8 Å². The quantitative estimate of drug-likeness (QED) is 0.593. The third-order valence-corrected chi connectivity index (χ3v) is 4.54. The van der Waals surface area contributed by atoms with Crippen molar-refractivity contribution in [3.63, 3.8) is 0 Å². The van der Waals surface area contributed by atoms with Crippen LogP contribution in [0.2, 0.25) is 0 Å². The Morgan fingerprint density at radius 1 is 0.708 bits per heavy atom. The standard InChI is InChI=1S/C18H22N4O2/c1-9(2)12-5-7-13(8-6-12)16(14-10(3)19-21-17(14)23)15-11(4)20-22-18(15)24/h5-9,16H,1-4H3,(H2,19,21,23)(H2,20,22,24). The maximum Gasteiger partial charge on any atom is 0.268 e. The summed E-state index contributed by atoms with van der Waals surface area (Å²) in [5, 5.41) is 10.9. The summed E-state index contributed by atoms with van der Waals surface area (Å²) in [4.78, 5) is 24.7. The third-order valence-electron chi connectivity index (χ3n) is 4.54. The normalized spacial score (nSPS) is 11.6. The van der Waals surface area contributed by atoms with Crippen LogP contribution in [0.5, 0.6) is 0 Å². The van der Waals surface area contributed by atoms with Crippen LogP contribution < -0.4 is 11.1 Å². The Hall–Kier alpha value is -2.76. The van der Waals surface area contributed by atoms with Gasteiger partial charge in [0, 0.05) is 17.3 Å². The lowest BCUT2D eigenvalue weighted by Gasteiger charge is -2.17. The molecular formula is C18H22N4O2. The van der Waals surface area contributed by atoms with E-state index in [4.69, 9.17) is 0 Å². The summed E-state index contributed by atoms with van der Waals surface area (Å²) in [7, 11) is 0. The molecule has 0 aliphatic heterocycles. The van der Waals surface area contributed by atoms with Crippen LogP contribution in [0.1, 0.15) is 59.3 Å². The maximum atomic E-state index is 12.3. The number of aromatic nitrogens is 4. The number of hydrogen-bond acceptors (Lipinski definition) is 2. The van der Waals surface area contributed by atoms with Crippen molar-refractivity contribution in [1.29, 1.82) is 0 Å². The largest absolute Gasteiger partial charge is 0.302 e. The number of aromatic amines is 4. The predicted octanol–water partition coefficient (Wildman–Crippen LogP) is 2.64. The molecule has 6 nitrogen and oxygen atoms in total. The van der Waals surface area contributed by atoms with Crippen LogP contribution in [0.25, 0.3) is 0 Å². The summed E-state index contributed by atoms with van der Waals surface area (Å²) in [5.74, 6) is 0.00325. The van der Waals surface area contributed by atoms with Gasteiger partial charge in [0.05, 0.1) is 11.1 Å². The van der Waals surface area contributed by atoms with Crippen LogP contribution in [0.3, 0.4) is 0 Å². The summed E-state index contributed by atoms with van der Waals surface area (Å²) >= 11 is 0. The van der Waals surface area contributed by atoms with Crippen molar-refractivity contribution in [2.24, 2.45) is 0 Å². The Kier molecular flexibility index (Phi) is 4.05. The first kappa shape index (κ1) is 16.1. The molecule has 3 rings (SSSR count). The number of hydrogen-bond donors (Lipinski definition) is 4. The fourth-order valence-electron chi connectivity index (χ4n) is 3.16. The molecule has 126 valence electrons. The van der Waals surface area contributed by atoms with Crippen molar-refractivity contribution >= 4 is 0 Å². The first-order valence-corrected chi connectivity index (χ1v) is 8.04. The topological polar surface area (TPSA) is 97.3 Å². The van der Waals surface area contributed by atoms with Crippen LogP contribution in [0.4, 0.5) is 0 Å². The number of aryl methyl sites for hydroxylation is 2. The lowest BCUT2D eigenvalue weighted by Crippen LogP contribution is -2.20. The fourth-order valence-corrected chi connectivity index (χ4v) is 3.16. The number of H-pyrrole nitrogens is 4. The minimum Gasteiger partial charge on any atom is -0.302 e. The summed E-state index contributed by atoms with van der Waals surface area (Å²) in [6, 6.07) is 8.11. The molecule has 0 atom stereocenters. The zero-order valence-corrected chi connectivity index (χ0v) is 14.3. The van der Waals surface area contributed by atoms with Crippen molar-refractivity contribution in [2.45, 2.75) is 39.5 Å². The van der Waals surface area contributed by atoms with Gasteiger partial charge < -0.3 is 10.2 Å². The second kappa shape index (κ2) is 6.03. The minimum atomic E-state index is -0.420. The van der Waals surface area contributed by atoms with Crippen molar-refractivity contribution in [3.8, 4) is 0 Å². The molecule has 0 fully saturated rings. The fraction of sp³-hybridized carbons (Fsp3) is 0.333. The highest BCUT2D eigenvalue weighted by Gasteiger charge is 2.27. The van der Waals surface area contributed by atoms with Gasteiger partial charge in [0.1, 0.15) is 0 Å². The van der Waals surface area contributed by atoms with Crippen LogP contribution >= 0.6 is 0 Å². The van der Waals surface area contributed by atoms with Gasteiger partial charge in [-0.05, 0) is 30.9 Å². The summed E-state index contributed by atoms with van der Waals surface area (Å²) in [6.07, 6.45) is 0. The molecular weight excluding hydrogens is 304 g/mol. The summed E-state index contributed by atoms with van der Waals surface area (Å²) < 4.78 is 0. The van der Waals surface area contributed by atoms with E-state index in [0.717, 1.165) is 17.0 Å². The van der Waals surface area contributed by atoms with E-state index in [0.29, 0.717) is 17.0 Å². The van der Waals surface area contributed by atoms with Gasteiger partial charge in [-0.2, -0.15) is 0 Å². The molecule has 2 aromatic heterocycles. The Morgan fingerprint density at radius 2 is 1.12 bits per heavy atom. The smallest absolute Gasteiger partial charge is 0.268 e. The molecule has 4 N–H and O–H groups in total. The van der Waals surface area contributed by atoms with E-state index in [1.54, 1.807) is 0 Å². The molecule has 0 saturated carbocycles. The molecule has 1 aromatic carbocycles. The van der Waals surface area contributed by atoms with Gasteiger partial charge in [0.25, 0.3) is 11.1 Å². The van der Waals surface area contributed by atoms with E-state index in [1.807, 2.05) is 26.0 Å². The van der Waals surface area contributed by atoms with E-state index in [9.17, 15) is 9.59 Å². The van der Waals surface area contributed by atoms with Crippen LogP contribution in [-0.2, 0) is 0 Å². The van der Waals surface area contributed by atoms with Gasteiger partial charge in [0.2, 0.25) is 0 Å². The average molecular weight is 326 g/mol. The van der Waals surface area contributed by atoms with Crippen LogP contribution in [0.15, 0.2) is 33.9 Å². The predicted molar refractivity (Wildman–Crippen MR) is 93.8 cm³/mol. The number of benzene rings is 1. The molecule has 0 saturated heterocycles. The monoisotopic (exact) mass is 326 g/mol. The van der Waals surface area contributed by atoms with E-state index in [1.165, 1.54) is 5.56 Å². The molecule has 0 aliphatic carbocycles. The van der Waals surface area contributed by atoms with Crippen molar-refractivity contribution in [1.82, 2.24) is 20.4 Å². The molecule has 24 heavy (non-hydrogen) atoms. The van der Waals surface area contributed by atoms with E-state index in [2.05, 4.69) is 46.4 Å². The molecule has 2 heterocycles. The SMILES string of the molecule is Cc1[nH][nH]c(=O)c1C(c1ccc(C(C)C)cc1)c1c(C)[nH][nH]c1=O. The molecule has 6 heteroatoms. The maximum absolute atomic E-state index is 12.3. The van der Waals surface area contributed by atoms with Gasteiger partial charge in [-0.1, -0.05) is 38.1 Å². The zero-order chi connectivity index (χ0) is 17.4. The summed E-state index contributed by atoms with van der Waals surface area (Å²) in [6.45, 7) is 7.93. The van der Waals surface area contributed by atoms with Crippen molar-refractivity contribution < 1.29 is 0 Å². The van der Waals surface area contributed by atoms with Gasteiger partial charge in [0.15, 0.2) is 0 Å². The first-order chi connectivity index (χ1) is 11.4. The Morgan fingerprint density at radius 3 is 1.46 bits per heavy atom. The highest BCUT2D eigenvalue weighted by atomic mass is 16.1. The van der Waals surface area contributed by atoms with Crippen molar-refractivity contribution in [3.05, 3.63) is 78.6 Å². The Labute approximate surface area is 139 Å². The molecule has 0 radical (unpaired) electrons. The Balaban J connectivity index is 2.24. The molecule has 0 unspecified atom stereocenters. The number of rotatable bonds is 4. The van der Waals surface area contributed by atoms with E-state index < -0.39 is 5.92 Å². The molecule has 0 amide bonds. The van der Waals surface area contributed by atoms with Gasteiger partial charge in [-0.3, -0.25) is 19.8 Å². The van der Waals surface area contributed by atoms with Crippen molar-refractivity contribution in [2.75, 3.05) is 0 Å². The highest BCUT2D eigenvalue weighted by Crippen LogP contribution is 2.31. The molecule has 0 spiro atoms. The van der Waals surface area contributed by atoms with Gasteiger partial charge in [-0.15, -0.1) is 0 Å². The molecule has 0 bridgehead atoms. The molecule has 3 aromatic rings. The van der Waals surface area contributed by atoms with Crippen LogP contribution in [-0.4, -0.2) is 20.4 Å². The minimum absolute atomic E-state index is 0.203. The first-order valence-electron chi connectivity index (χ1n) is 8.04. The molecule has 0 aliphatic rings. The van der Waals surface area contributed by atoms with E-state index in [-0.39, 0.29) is 11.1 Å². The average Bonchev–Trinajstić information content (AvgIpc) is 3.05. The highest BCUT2D eigenvalue weighted by molar-refractivity contribution is 5.45. The second-order valence-electron chi connectivity index (χ2n) is 6.49.